The Morgan fingerprint density at radius 3 is 2.62 bits per heavy atom. The van der Waals surface area contributed by atoms with Crippen molar-refractivity contribution in [2.45, 2.75) is 58.2 Å². The fourth-order valence-electron chi connectivity index (χ4n) is 5.92. The number of piperazine rings is 1. The predicted molar refractivity (Wildman–Crippen MR) is 148 cm³/mol. The summed E-state index contributed by atoms with van der Waals surface area (Å²) in [5.41, 5.74) is 4.20. The van der Waals surface area contributed by atoms with E-state index in [1.807, 2.05) is 24.8 Å². The number of fused-ring (bicyclic) bond motifs is 1. The van der Waals surface area contributed by atoms with E-state index in [-0.39, 0.29) is 41.7 Å². The molecule has 0 aliphatic carbocycles. The van der Waals surface area contributed by atoms with Gasteiger partial charge in [-0.1, -0.05) is 26.0 Å². The van der Waals surface area contributed by atoms with Crippen LogP contribution in [-0.2, 0) is 15.0 Å². The molecule has 0 saturated carbocycles. The van der Waals surface area contributed by atoms with E-state index in [0.29, 0.717) is 49.5 Å². The smallest absolute Gasteiger partial charge is 0.249 e. The minimum absolute atomic E-state index is 0.0210. The molecule has 5 rings (SSSR count). The van der Waals surface area contributed by atoms with Crippen molar-refractivity contribution in [2.24, 2.45) is 0 Å². The van der Waals surface area contributed by atoms with Crippen molar-refractivity contribution in [1.82, 2.24) is 20.1 Å². The van der Waals surface area contributed by atoms with Crippen molar-refractivity contribution in [3.05, 3.63) is 70.3 Å². The summed E-state index contributed by atoms with van der Waals surface area (Å²) in [5.74, 6) is -0.326. The standard InChI is InChI=1S/C30H38FN5O3/c1-18-13-35(29(39)20(18)3)15-24-12-32-19(2)14-34(24)16-26(37)36-17-30(4,5)28-25(36)10-22(11-33-28)27(38)21-6-8-23(31)9-7-21/h6-11,19,24,27,32,38H,12-17H2,1-5H3/t19-,24-,27?/m1/s1. The summed E-state index contributed by atoms with van der Waals surface area (Å²) in [4.78, 5) is 37.1. The summed E-state index contributed by atoms with van der Waals surface area (Å²) >= 11 is 0. The van der Waals surface area contributed by atoms with Crippen LogP contribution in [0.2, 0.25) is 0 Å². The maximum absolute atomic E-state index is 13.9. The molecule has 4 heterocycles. The van der Waals surface area contributed by atoms with Crippen LogP contribution in [0, 0.1) is 5.82 Å². The van der Waals surface area contributed by atoms with E-state index < -0.39 is 6.10 Å². The largest absolute Gasteiger partial charge is 0.384 e. The van der Waals surface area contributed by atoms with Crippen LogP contribution in [0.5, 0.6) is 0 Å². The number of hydrogen-bond donors (Lipinski definition) is 2. The third-order valence-electron chi connectivity index (χ3n) is 8.35. The molecule has 9 heteroatoms. The molecular weight excluding hydrogens is 497 g/mol. The van der Waals surface area contributed by atoms with E-state index in [1.54, 1.807) is 23.2 Å². The number of pyridine rings is 1. The minimum atomic E-state index is -0.985. The summed E-state index contributed by atoms with van der Waals surface area (Å²) in [7, 11) is 0. The van der Waals surface area contributed by atoms with Gasteiger partial charge in [0, 0.05) is 67.6 Å². The second-order valence-electron chi connectivity index (χ2n) is 11.9. The van der Waals surface area contributed by atoms with E-state index in [2.05, 4.69) is 36.0 Å². The first-order valence-electron chi connectivity index (χ1n) is 13.6. The Morgan fingerprint density at radius 2 is 1.95 bits per heavy atom. The molecule has 1 unspecified atom stereocenters. The number of nitrogens with one attached hydrogen (secondary N) is 1. The Bertz CT molecular complexity index is 1310. The first kappa shape index (κ1) is 27.4. The number of rotatable bonds is 6. The number of nitrogens with zero attached hydrogens (tertiary/aromatic N) is 4. The van der Waals surface area contributed by atoms with Crippen LogP contribution in [-0.4, -0.2) is 83.1 Å². The second-order valence-corrected chi connectivity index (χ2v) is 11.9. The summed E-state index contributed by atoms with van der Waals surface area (Å²) in [6, 6.07) is 7.82. The fourth-order valence-corrected chi connectivity index (χ4v) is 5.92. The summed E-state index contributed by atoms with van der Waals surface area (Å²) in [6.45, 7) is 13.4. The van der Waals surface area contributed by atoms with Crippen LogP contribution >= 0.6 is 0 Å². The van der Waals surface area contributed by atoms with Gasteiger partial charge in [-0.3, -0.25) is 19.5 Å². The molecule has 0 spiro atoms. The Morgan fingerprint density at radius 1 is 1.23 bits per heavy atom. The third kappa shape index (κ3) is 5.35. The first-order chi connectivity index (χ1) is 18.4. The molecule has 3 aliphatic heterocycles. The van der Waals surface area contributed by atoms with Gasteiger partial charge in [0.15, 0.2) is 0 Å². The average molecular weight is 536 g/mol. The number of amides is 2. The van der Waals surface area contributed by atoms with E-state index in [9.17, 15) is 19.1 Å². The molecule has 208 valence electrons. The Kier molecular flexibility index (Phi) is 7.35. The van der Waals surface area contributed by atoms with Gasteiger partial charge in [-0.15, -0.1) is 0 Å². The number of aliphatic hydroxyl groups excluding tert-OH is 1. The zero-order chi connectivity index (χ0) is 28.1. The topological polar surface area (TPSA) is 89.0 Å². The van der Waals surface area contributed by atoms with E-state index in [4.69, 9.17) is 0 Å². The van der Waals surface area contributed by atoms with E-state index in [1.165, 1.54) is 12.1 Å². The number of aliphatic hydroxyl groups is 1. The highest BCUT2D eigenvalue weighted by atomic mass is 19.1. The van der Waals surface area contributed by atoms with Crippen molar-refractivity contribution < 1.29 is 19.1 Å². The van der Waals surface area contributed by atoms with Gasteiger partial charge in [0.25, 0.3) is 0 Å². The fraction of sp³-hybridized carbons (Fsp3) is 0.500. The SMILES string of the molecule is CC1=C(C)C(=O)N(C[C@H]2CN[C@H](C)CN2CC(=O)N2CC(C)(C)c3ncc(C(O)c4ccc(F)cc4)cc32)C1. The molecule has 2 aromatic rings. The molecule has 0 bridgehead atoms. The zero-order valence-corrected chi connectivity index (χ0v) is 23.4. The Balaban J connectivity index is 1.36. The van der Waals surface area contributed by atoms with Gasteiger partial charge in [0.2, 0.25) is 11.8 Å². The number of carbonyl (C=O) groups excluding carboxylic acids is 2. The molecule has 39 heavy (non-hydrogen) atoms. The molecule has 3 atom stereocenters. The lowest BCUT2D eigenvalue weighted by atomic mass is 9.90. The monoisotopic (exact) mass is 535 g/mol. The molecule has 1 aromatic carbocycles. The molecular formula is C30H38FN5O3. The molecule has 1 fully saturated rings. The molecule has 8 nitrogen and oxygen atoms in total. The lowest BCUT2D eigenvalue weighted by Gasteiger charge is -2.41. The number of carbonyl (C=O) groups is 2. The van der Waals surface area contributed by atoms with Gasteiger partial charge in [-0.25, -0.2) is 4.39 Å². The van der Waals surface area contributed by atoms with Gasteiger partial charge in [0.1, 0.15) is 11.9 Å². The Hall–Kier alpha value is -3.14. The molecule has 2 N–H and O–H groups in total. The highest BCUT2D eigenvalue weighted by molar-refractivity contribution is 5.97. The number of aromatic nitrogens is 1. The average Bonchev–Trinajstić information content (AvgIpc) is 3.31. The number of anilines is 1. The molecule has 1 aromatic heterocycles. The number of hydrogen-bond acceptors (Lipinski definition) is 6. The van der Waals surface area contributed by atoms with Crippen LogP contribution in [0.1, 0.15) is 57.5 Å². The van der Waals surface area contributed by atoms with Crippen molar-refractivity contribution in [2.75, 3.05) is 44.2 Å². The van der Waals surface area contributed by atoms with Gasteiger partial charge in [-0.05, 0) is 50.1 Å². The third-order valence-corrected chi connectivity index (χ3v) is 8.35. The van der Waals surface area contributed by atoms with Crippen LogP contribution in [0.15, 0.2) is 47.7 Å². The van der Waals surface area contributed by atoms with Crippen LogP contribution in [0.4, 0.5) is 10.1 Å². The molecule has 3 aliphatic rings. The maximum atomic E-state index is 13.9. The van der Waals surface area contributed by atoms with E-state index in [0.717, 1.165) is 16.8 Å². The van der Waals surface area contributed by atoms with Gasteiger partial charge in [-0.2, -0.15) is 0 Å². The van der Waals surface area contributed by atoms with Crippen molar-refractivity contribution >= 4 is 17.5 Å². The number of halogens is 1. The van der Waals surface area contributed by atoms with Crippen LogP contribution in [0.25, 0.3) is 0 Å². The predicted octanol–water partition coefficient (Wildman–Crippen LogP) is 2.77. The first-order valence-corrected chi connectivity index (χ1v) is 13.6. The summed E-state index contributed by atoms with van der Waals surface area (Å²) in [6.07, 6.45) is 0.655. The zero-order valence-electron chi connectivity index (χ0n) is 23.4. The lowest BCUT2D eigenvalue weighted by Crippen LogP contribution is -2.61. The molecule has 0 radical (unpaired) electrons. The normalized spacial score (nSPS) is 23.9. The van der Waals surface area contributed by atoms with Gasteiger partial charge < -0.3 is 20.2 Å². The van der Waals surface area contributed by atoms with Crippen molar-refractivity contribution in [3.63, 3.8) is 0 Å². The molecule has 2 amide bonds. The van der Waals surface area contributed by atoms with Gasteiger partial charge in [0.05, 0.1) is 17.9 Å². The summed E-state index contributed by atoms with van der Waals surface area (Å²) in [5, 5.41) is 14.5. The summed E-state index contributed by atoms with van der Waals surface area (Å²) < 4.78 is 13.4. The maximum Gasteiger partial charge on any atom is 0.249 e. The van der Waals surface area contributed by atoms with Crippen LogP contribution in [0.3, 0.4) is 0 Å². The second kappa shape index (κ2) is 10.4. The van der Waals surface area contributed by atoms with E-state index >= 15 is 0 Å². The van der Waals surface area contributed by atoms with Crippen molar-refractivity contribution in [3.8, 4) is 0 Å². The lowest BCUT2D eigenvalue weighted by molar-refractivity contribution is -0.126. The quantitative estimate of drug-likeness (QED) is 0.592. The minimum Gasteiger partial charge on any atom is -0.384 e. The molecule has 1 saturated heterocycles. The highest BCUT2D eigenvalue weighted by Crippen LogP contribution is 2.41. The van der Waals surface area contributed by atoms with Gasteiger partial charge >= 0.3 is 0 Å². The Labute approximate surface area is 229 Å². The number of benzene rings is 1. The highest BCUT2D eigenvalue weighted by Gasteiger charge is 2.41. The van der Waals surface area contributed by atoms with Crippen molar-refractivity contribution in [1.29, 1.82) is 0 Å². The van der Waals surface area contributed by atoms with Crippen LogP contribution < -0.4 is 10.2 Å².